The van der Waals surface area contributed by atoms with E-state index < -0.39 is 39.2 Å². The van der Waals surface area contributed by atoms with Crippen molar-refractivity contribution in [1.29, 1.82) is 0 Å². The van der Waals surface area contributed by atoms with E-state index in [2.05, 4.69) is 32.2 Å². The van der Waals surface area contributed by atoms with Crippen molar-refractivity contribution in [2.45, 2.75) is 57.7 Å². The Morgan fingerprint density at radius 3 is 2.51 bits per heavy atom. The minimum absolute atomic E-state index is 0. The van der Waals surface area contributed by atoms with Crippen LogP contribution in [0.15, 0.2) is 48.7 Å². The molecular formula is C31H39ClF2N6O6S. The number of hydrogen-bond acceptors (Lipinski definition) is 8. The Hall–Kier alpha value is -4.21. The lowest BCUT2D eigenvalue weighted by atomic mass is 9.93. The highest BCUT2D eigenvalue weighted by Gasteiger charge is 2.29. The fraction of sp³-hybridized carbons (Fsp3) is 0.387. The van der Waals surface area contributed by atoms with Crippen LogP contribution in [-0.2, 0) is 16.6 Å². The summed E-state index contributed by atoms with van der Waals surface area (Å²) in [6.07, 6.45) is 7.04. The minimum atomic E-state index is -3.45. The molecule has 256 valence electrons. The van der Waals surface area contributed by atoms with Crippen molar-refractivity contribution in [1.82, 2.24) is 15.2 Å². The molecule has 1 fully saturated rings. The number of pyridine rings is 1. The number of piperidine rings is 1. The van der Waals surface area contributed by atoms with E-state index in [0.717, 1.165) is 37.1 Å². The Labute approximate surface area is 278 Å². The maximum Gasteiger partial charge on any atom is 0.319 e. The number of unbranched alkanes of at least 4 members (excludes halogenated alkanes) is 1. The zero-order valence-corrected chi connectivity index (χ0v) is 27.8. The van der Waals surface area contributed by atoms with Gasteiger partial charge in [0.15, 0.2) is 11.5 Å². The molecule has 2 atom stereocenters. The molecule has 0 spiro atoms. The first-order valence-electron chi connectivity index (χ1n) is 14.7. The number of carbonyl (C=O) groups excluding carboxylic acids is 2. The van der Waals surface area contributed by atoms with Gasteiger partial charge < -0.3 is 25.8 Å². The van der Waals surface area contributed by atoms with E-state index in [4.69, 9.17) is 15.2 Å². The average Bonchev–Trinajstić information content (AvgIpc) is 2.99. The lowest BCUT2D eigenvalue weighted by Crippen LogP contribution is -2.50. The molecule has 2 unspecified atom stereocenters. The van der Waals surface area contributed by atoms with Gasteiger partial charge in [-0.3, -0.25) is 14.4 Å². The summed E-state index contributed by atoms with van der Waals surface area (Å²) in [5, 5.41) is 5.24. The Bertz CT molecular complexity index is 1660. The molecule has 0 aliphatic carbocycles. The van der Waals surface area contributed by atoms with Gasteiger partial charge in [-0.15, -0.1) is 12.4 Å². The number of halogens is 3. The maximum atomic E-state index is 14.2. The van der Waals surface area contributed by atoms with Gasteiger partial charge in [0.1, 0.15) is 11.6 Å². The zero-order chi connectivity index (χ0) is 33.4. The molecule has 2 heterocycles. The van der Waals surface area contributed by atoms with Crippen LogP contribution >= 0.6 is 12.4 Å². The molecule has 1 saturated heterocycles. The third-order valence-corrected chi connectivity index (χ3v) is 8.11. The molecule has 0 bridgehead atoms. The number of rotatable bonds is 13. The van der Waals surface area contributed by atoms with Gasteiger partial charge in [-0.25, -0.2) is 27.0 Å². The summed E-state index contributed by atoms with van der Waals surface area (Å²) in [7, 11) is -1.99. The molecule has 16 heteroatoms. The van der Waals surface area contributed by atoms with Crippen LogP contribution in [-0.4, -0.2) is 62.2 Å². The Balaban J connectivity index is 0.00000600. The second kappa shape index (κ2) is 16.6. The molecule has 2 aromatic carbocycles. The molecule has 3 aromatic rings. The molecule has 3 amide bonds. The normalized spacial score (nSPS) is 16.4. The van der Waals surface area contributed by atoms with Gasteiger partial charge >= 0.3 is 6.03 Å². The molecule has 12 nitrogen and oxygen atoms in total. The molecule has 1 aromatic heterocycles. The lowest BCUT2D eigenvalue weighted by molar-refractivity contribution is 0.0996. The van der Waals surface area contributed by atoms with E-state index in [1.54, 1.807) is 24.4 Å². The van der Waals surface area contributed by atoms with Crippen LogP contribution in [0.2, 0.25) is 0 Å². The number of primary amides is 1. The Morgan fingerprint density at radius 1 is 1.11 bits per heavy atom. The van der Waals surface area contributed by atoms with Crippen LogP contribution in [0.25, 0.3) is 0 Å². The summed E-state index contributed by atoms with van der Waals surface area (Å²) in [5.41, 5.74) is 5.59. The van der Waals surface area contributed by atoms with E-state index >= 15 is 0 Å². The highest BCUT2D eigenvalue weighted by Crippen LogP contribution is 2.34. The summed E-state index contributed by atoms with van der Waals surface area (Å²) in [4.78, 5) is 30.9. The van der Waals surface area contributed by atoms with Crippen LogP contribution < -0.4 is 30.6 Å². The number of methoxy groups -OCH3 is 1. The number of nitrogens with two attached hydrogens (primary N) is 1. The van der Waals surface area contributed by atoms with Gasteiger partial charge in [-0.2, -0.15) is 0 Å². The average molecular weight is 697 g/mol. The van der Waals surface area contributed by atoms with Crippen LogP contribution in [0.3, 0.4) is 0 Å². The van der Waals surface area contributed by atoms with Crippen LogP contribution in [0, 0.1) is 11.6 Å². The van der Waals surface area contributed by atoms with Gasteiger partial charge in [0.25, 0.3) is 5.91 Å². The number of hydrogen-bond donors (Lipinski definition) is 4. The number of anilines is 2. The van der Waals surface area contributed by atoms with Crippen molar-refractivity contribution in [3.8, 4) is 17.4 Å². The number of urea groups is 1. The number of aromatic nitrogens is 1. The van der Waals surface area contributed by atoms with Gasteiger partial charge in [-0.1, -0.05) is 25.8 Å². The quantitative estimate of drug-likeness (QED) is 0.185. The third-order valence-electron chi connectivity index (χ3n) is 7.50. The first kappa shape index (κ1) is 37.2. The first-order chi connectivity index (χ1) is 21.8. The summed E-state index contributed by atoms with van der Waals surface area (Å²) in [5.74, 6) is -2.14. The number of nitrogens with zero attached hydrogens (tertiary/aromatic N) is 2. The maximum absolute atomic E-state index is 14.2. The molecular weight excluding hydrogens is 658 g/mol. The van der Waals surface area contributed by atoms with Crippen molar-refractivity contribution in [3.63, 3.8) is 0 Å². The highest BCUT2D eigenvalue weighted by molar-refractivity contribution is 7.92. The molecule has 47 heavy (non-hydrogen) atoms. The monoisotopic (exact) mass is 696 g/mol. The van der Waals surface area contributed by atoms with Gasteiger partial charge in [0.2, 0.25) is 15.9 Å². The van der Waals surface area contributed by atoms with Gasteiger partial charge in [-0.05, 0) is 43.0 Å². The Kier molecular flexibility index (Phi) is 13.1. The topological polar surface area (TPSA) is 165 Å². The van der Waals surface area contributed by atoms with Gasteiger partial charge in [0.05, 0.1) is 30.3 Å². The summed E-state index contributed by atoms with van der Waals surface area (Å²) < 4.78 is 64.8. The summed E-state index contributed by atoms with van der Waals surface area (Å²) >= 11 is 0. The standard InChI is InChI=1S/C31H38F2N6O6S.ClH/c1-4-5-6-22-13-20(36-31(41)37-26-15-23(30(34)40)24(32)16-25(26)33)11-12-39(22)18-19-7-10-29(35-17-19)45-27-9-8-21(14-28(27)44-2)38-46(3,42)43;/h7-10,14-17,20,22,38H,4-6,11-13,18H2,1-3H3,(H2,34,40)(H2,36,37,41);1H. The van der Waals surface area contributed by atoms with Crippen molar-refractivity contribution >= 4 is 45.7 Å². The number of benzene rings is 2. The first-order valence-corrected chi connectivity index (χ1v) is 16.6. The summed E-state index contributed by atoms with van der Waals surface area (Å²) in [6.45, 7) is 3.44. The van der Waals surface area contributed by atoms with Crippen molar-refractivity contribution in [2.24, 2.45) is 5.73 Å². The molecule has 0 saturated carbocycles. The predicted octanol–water partition coefficient (Wildman–Crippen LogP) is 5.40. The van der Waals surface area contributed by atoms with Crippen molar-refractivity contribution < 1.29 is 36.3 Å². The van der Waals surface area contributed by atoms with Crippen LogP contribution in [0.1, 0.15) is 54.9 Å². The minimum Gasteiger partial charge on any atom is -0.493 e. The fourth-order valence-electron chi connectivity index (χ4n) is 5.30. The molecule has 1 aliphatic heterocycles. The van der Waals surface area contributed by atoms with Crippen molar-refractivity contribution in [2.75, 3.05) is 29.9 Å². The van der Waals surface area contributed by atoms with E-state index in [1.165, 1.54) is 13.2 Å². The Morgan fingerprint density at radius 2 is 1.87 bits per heavy atom. The fourth-order valence-corrected chi connectivity index (χ4v) is 5.85. The molecule has 5 N–H and O–H groups in total. The second-order valence-electron chi connectivity index (χ2n) is 11.1. The van der Waals surface area contributed by atoms with E-state index in [-0.39, 0.29) is 30.2 Å². The number of amides is 3. The third kappa shape index (κ3) is 10.7. The number of likely N-dealkylation sites (tertiary alicyclic amines) is 1. The number of nitrogens with one attached hydrogen (secondary N) is 3. The molecule has 4 rings (SSSR count). The van der Waals surface area contributed by atoms with E-state index in [9.17, 15) is 26.8 Å². The number of sulfonamides is 1. The van der Waals surface area contributed by atoms with Gasteiger partial charge in [0, 0.05) is 49.6 Å². The van der Waals surface area contributed by atoms with Crippen LogP contribution in [0.5, 0.6) is 17.4 Å². The molecule has 0 radical (unpaired) electrons. The second-order valence-corrected chi connectivity index (χ2v) is 12.9. The van der Waals surface area contributed by atoms with E-state index in [1.807, 2.05) is 6.07 Å². The number of ether oxygens (including phenoxy) is 2. The summed E-state index contributed by atoms with van der Waals surface area (Å²) in [6, 6.07) is 9.06. The largest absolute Gasteiger partial charge is 0.493 e. The predicted molar refractivity (Wildman–Crippen MR) is 177 cm³/mol. The van der Waals surface area contributed by atoms with Crippen molar-refractivity contribution in [3.05, 3.63) is 71.4 Å². The lowest BCUT2D eigenvalue weighted by Gasteiger charge is -2.40. The smallest absolute Gasteiger partial charge is 0.319 e. The highest BCUT2D eigenvalue weighted by atomic mass is 35.5. The SMILES string of the molecule is CCCCC1CC(NC(=O)Nc2cc(C(N)=O)c(F)cc2F)CCN1Cc1ccc(Oc2ccc(NS(C)(=O)=O)cc2OC)nc1.Cl. The van der Waals surface area contributed by atoms with Crippen LogP contribution in [0.4, 0.5) is 25.0 Å². The van der Waals surface area contributed by atoms with E-state index in [0.29, 0.717) is 55.1 Å². The zero-order valence-electron chi connectivity index (χ0n) is 26.2. The number of carbonyl (C=O) groups is 2. The molecule has 1 aliphatic rings.